The highest BCUT2D eigenvalue weighted by molar-refractivity contribution is 7.85. The van der Waals surface area contributed by atoms with Crippen LogP contribution < -0.4 is 4.74 Å². The Morgan fingerprint density at radius 3 is 2.62 bits per heavy atom. The van der Waals surface area contributed by atoms with Crippen LogP contribution in [-0.4, -0.2) is 42.5 Å². The Kier molecular flexibility index (Phi) is 4.25. The SMILES string of the molecule is O=S(=O)(O)c1cccc(OCC(O)CO)c1. The molecule has 7 heteroatoms. The standard InChI is InChI=1S/C9H12O6S/c10-5-7(11)6-15-8-2-1-3-9(4-8)16(12,13)14/h1-4,7,10-11H,5-6H2,(H,12,13,14). The minimum Gasteiger partial charge on any atom is -0.491 e. The Morgan fingerprint density at radius 1 is 1.38 bits per heavy atom. The molecule has 3 N–H and O–H groups in total. The van der Waals surface area contributed by atoms with Gasteiger partial charge in [0.25, 0.3) is 10.1 Å². The summed E-state index contributed by atoms with van der Waals surface area (Å²) < 4.78 is 35.4. The summed E-state index contributed by atoms with van der Waals surface area (Å²) in [6.45, 7) is -0.608. The third kappa shape index (κ3) is 3.78. The zero-order chi connectivity index (χ0) is 12.2. The first-order valence-electron chi connectivity index (χ1n) is 4.43. The van der Waals surface area contributed by atoms with E-state index in [9.17, 15) is 8.42 Å². The molecule has 0 saturated carbocycles. The first-order chi connectivity index (χ1) is 7.43. The van der Waals surface area contributed by atoms with Crippen LogP contribution in [0.25, 0.3) is 0 Å². The van der Waals surface area contributed by atoms with Gasteiger partial charge in [0.05, 0.1) is 11.5 Å². The molecule has 0 saturated heterocycles. The molecule has 0 spiro atoms. The minimum atomic E-state index is -4.26. The van der Waals surface area contributed by atoms with Crippen molar-refractivity contribution in [3.8, 4) is 5.75 Å². The fourth-order valence-electron chi connectivity index (χ4n) is 0.970. The molecule has 0 radical (unpaired) electrons. The van der Waals surface area contributed by atoms with Crippen LogP contribution in [0.15, 0.2) is 29.2 Å². The quantitative estimate of drug-likeness (QED) is 0.616. The van der Waals surface area contributed by atoms with Gasteiger partial charge in [-0.15, -0.1) is 0 Å². The Morgan fingerprint density at radius 2 is 2.06 bits per heavy atom. The minimum absolute atomic E-state index is 0.161. The van der Waals surface area contributed by atoms with Crippen molar-refractivity contribution in [2.45, 2.75) is 11.0 Å². The number of rotatable bonds is 5. The van der Waals surface area contributed by atoms with Gasteiger partial charge < -0.3 is 14.9 Å². The number of ether oxygens (including phenoxy) is 1. The van der Waals surface area contributed by atoms with E-state index in [1.54, 1.807) is 0 Å². The number of aliphatic hydroxyl groups excluding tert-OH is 2. The van der Waals surface area contributed by atoms with Crippen molar-refractivity contribution in [1.29, 1.82) is 0 Å². The van der Waals surface area contributed by atoms with Crippen molar-refractivity contribution in [2.75, 3.05) is 13.2 Å². The van der Waals surface area contributed by atoms with Crippen molar-refractivity contribution in [1.82, 2.24) is 0 Å². The average Bonchev–Trinajstić information content (AvgIpc) is 2.25. The smallest absolute Gasteiger partial charge is 0.294 e. The largest absolute Gasteiger partial charge is 0.491 e. The van der Waals surface area contributed by atoms with Crippen LogP contribution >= 0.6 is 0 Å². The van der Waals surface area contributed by atoms with Gasteiger partial charge in [-0.25, -0.2) is 0 Å². The van der Waals surface area contributed by atoms with Crippen molar-refractivity contribution < 1.29 is 27.9 Å². The second kappa shape index (κ2) is 5.26. The van der Waals surface area contributed by atoms with Crippen molar-refractivity contribution in [2.24, 2.45) is 0 Å². The zero-order valence-electron chi connectivity index (χ0n) is 8.28. The lowest BCUT2D eigenvalue weighted by Crippen LogP contribution is -2.21. The molecule has 0 aliphatic rings. The van der Waals surface area contributed by atoms with E-state index in [0.717, 1.165) is 6.07 Å². The van der Waals surface area contributed by atoms with Gasteiger partial charge >= 0.3 is 0 Å². The summed E-state index contributed by atoms with van der Waals surface area (Å²) in [5.41, 5.74) is 0. The fraction of sp³-hybridized carbons (Fsp3) is 0.333. The van der Waals surface area contributed by atoms with Gasteiger partial charge in [0.2, 0.25) is 0 Å². The van der Waals surface area contributed by atoms with Crippen molar-refractivity contribution in [3.05, 3.63) is 24.3 Å². The number of hydrogen-bond acceptors (Lipinski definition) is 5. The van der Waals surface area contributed by atoms with Gasteiger partial charge in [-0.1, -0.05) is 6.07 Å². The molecule has 0 heterocycles. The second-order valence-corrected chi connectivity index (χ2v) is 4.52. The normalized spacial score (nSPS) is 13.4. The van der Waals surface area contributed by atoms with Crippen LogP contribution in [0.3, 0.4) is 0 Å². The van der Waals surface area contributed by atoms with E-state index in [1.165, 1.54) is 18.2 Å². The molecule has 6 nitrogen and oxygen atoms in total. The highest BCUT2D eigenvalue weighted by Crippen LogP contribution is 2.17. The highest BCUT2D eigenvalue weighted by Gasteiger charge is 2.10. The van der Waals surface area contributed by atoms with Gasteiger partial charge in [0, 0.05) is 6.07 Å². The summed E-state index contributed by atoms with van der Waals surface area (Å²) in [6.07, 6.45) is -1.03. The zero-order valence-corrected chi connectivity index (χ0v) is 9.09. The first-order valence-corrected chi connectivity index (χ1v) is 5.87. The maximum Gasteiger partial charge on any atom is 0.294 e. The average molecular weight is 248 g/mol. The number of benzene rings is 1. The lowest BCUT2D eigenvalue weighted by atomic mass is 10.3. The van der Waals surface area contributed by atoms with E-state index in [0.29, 0.717) is 0 Å². The van der Waals surface area contributed by atoms with Gasteiger partial charge in [0.15, 0.2) is 0 Å². The molecule has 1 aromatic carbocycles. The van der Waals surface area contributed by atoms with E-state index >= 15 is 0 Å². The molecular formula is C9H12O6S. The second-order valence-electron chi connectivity index (χ2n) is 3.10. The molecule has 0 aliphatic heterocycles. The molecule has 1 rings (SSSR count). The summed E-state index contributed by atoms with van der Waals surface area (Å²) >= 11 is 0. The predicted molar refractivity (Wildman–Crippen MR) is 54.8 cm³/mol. The highest BCUT2D eigenvalue weighted by atomic mass is 32.2. The molecule has 90 valence electrons. The molecule has 0 aliphatic carbocycles. The Labute approximate surface area is 92.9 Å². The molecule has 0 aromatic heterocycles. The summed E-state index contributed by atoms with van der Waals surface area (Å²) in [7, 11) is -4.26. The van der Waals surface area contributed by atoms with E-state index in [1.807, 2.05) is 0 Å². The lowest BCUT2D eigenvalue weighted by Gasteiger charge is -2.10. The maximum absolute atomic E-state index is 10.8. The number of hydrogen-bond donors (Lipinski definition) is 3. The van der Waals surface area contributed by atoms with Crippen LogP contribution in [0.5, 0.6) is 5.75 Å². The van der Waals surface area contributed by atoms with E-state index in [4.69, 9.17) is 19.5 Å². The molecule has 1 atom stereocenters. The summed E-state index contributed by atoms with van der Waals surface area (Å²) in [6, 6.07) is 5.20. The summed E-state index contributed by atoms with van der Waals surface area (Å²) in [4.78, 5) is -0.288. The fourth-order valence-corrected chi connectivity index (χ4v) is 1.49. The molecule has 1 aromatic rings. The monoisotopic (exact) mass is 248 g/mol. The molecule has 0 amide bonds. The van der Waals surface area contributed by atoms with Crippen LogP contribution in [-0.2, 0) is 10.1 Å². The molecule has 16 heavy (non-hydrogen) atoms. The molecular weight excluding hydrogens is 236 g/mol. The lowest BCUT2D eigenvalue weighted by molar-refractivity contribution is 0.0535. The van der Waals surface area contributed by atoms with Crippen LogP contribution in [0.1, 0.15) is 0 Å². The topological polar surface area (TPSA) is 104 Å². The Bertz CT molecular complexity index is 441. The maximum atomic E-state index is 10.8. The molecule has 0 fully saturated rings. The Balaban J connectivity index is 2.76. The summed E-state index contributed by atoms with van der Waals surface area (Å²) in [5.74, 6) is 0.183. The van der Waals surface area contributed by atoms with Crippen LogP contribution in [0, 0.1) is 0 Å². The first kappa shape index (κ1) is 12.9. The van der Waals surface area contributed by atoms with Crippen molar-refractivity contribution >= 4 is 10.1 Å². The Hall–Kier alpha value is -1.15. The van der Waals surface area contributed by atoms with Crippen molar-refractivity contribution in [3.63, 3.8) is 0 Å². The molecule has 1 unspecified atom stereocenters. The van der Waals surface area contributed by atoms with Gasteiger partial charge in [0.1, 0.15) is 18.5 Å². The third-order valence-corrected chi connectivity index (χ3v) is 2.61. The van der Waals surface area contributed by atoms with Gasteiger partial charge in [-0.3, -0.25) is 4.55 Å². The van der Waals surface area contributed by atoms with E-state index in [2.05, 4.69) is 0 Å². The van der Waals surface area contributed by atoms with E-state index in [-0.39, 0.29) is 17.3 Å². The van der Waals surface area contributed by atoms with E-state index < -0.39 is 22.8 Å². The van der Waals surface area contributed by atoms with Crippen LogP contribution in [0.4, 0.5) is 0 Å². The number of aliphatic hydroxyl groups is 2. The van der Waals surface area contributed by atoms with Gasteiger partial charge in [-0.05, 0) is 12.1 Å². The summed E-state index contributed by atoms with van der Waals surface area (Å²) in [5, 5.41) is 17.5. The van der Waals surface area contributed by atoms with Gasteiger partial charge in [-0.2, -0.15) is 8.42 Å². The predicted octanol–water partition coefficient (Wildman–Crippen LogP) is -0.335. The third-order valence-electron chi connectivity index (χ3n) is 1.76. The molecule has 0 bridgehead atoms. The van der Waals surface area contributed by atoms with Crippen LogP contribution in [0.2, 0.25) is 0 Å².